The third-order valence-electron chi connectivity index (χ3n) is 6.01. The summed E-state index contributed by atoms with van der Waals surface area (Å²) in [4.78, 5) is 19.6. The average Bonchev–Trinajstić information content (AvgIpc) is 3.23. The highest BCUT2D eigenvalue weighted by Crippen LogP contribution is 2.37. The Hall–Kier alpha value is -2.99. The molecule has 0 amide bonds. The van der Waals surface area contributed by atoms with Gasteiger partial charge in [0.15, 0.2) is 0 Å². The molecule has 0 spiro atoms. The van der Waals surface area contributed by atoms with Gasteiger partial charge in [0, 0.05) is 43.5 Å². The lowest BCUT2D eigenvalue weighted by atomic mass is 9.76. The molecule has 1 unspecified atom stereocenters. The number of pyridine rings is 1. The highest BCUT2D eigenvalue weighted by atomic mass is 16.5. The molecule has 162 valence electrons. The fraction of sp³-hybridized carbons (Fsp3) is 0.400. The first-order chi connectivity index (χ1) is 15.1. The van der Waals surface area contributed by atoms with Crippen molar-refractivity contribution < 1.29 is 14.1 Å². The molecule has 0 radical (unpaired) electrons. The minimum Gasteiger partial charge on any atom is -0.466 e. The lowest BCUT2D eigenvalue weighted by Crippen LogP contribution is -2.49. The van der Waals surface area contributed by atoms with Crippen molar-refractivity contribution in [1.82, 2.24) is 15.0 Å². The Bertz CT molecular complexity index is 1020. The van der Waals surface area contributed by atoms with Crippen molar-refractivity contribution in [3.63, 3.8) is 0 Å². The van der Waals surface area contributed by atoms with Crippen LogP contribution < -0.4 is 0 Å². The molecule has 1 aromatic carbocycles. The Labute approximate surface area is 183 Å². The molecular formula is C25H29N3O3. The predicted octanol–water partition coefficient (Wildman–Crippen LogP) is 4.43. The summed E-state index contributed by atoms with van der Waals surface area (Å²) in [7, 11) is 0. The first-order valence-corrected chi connectivity index (χ1v) is 10.9. The number of ether oxygens (including phenoxy) is 1. The Kier molecular flexibility index (Phi) is 6.47. The van der Waals surface area contributed by atoms with Gasteiger partial charge < -0.3 is 9.26 Å². The number of benzene rings is 1. The van der Waals surface area contributed by atoms with E-state index in [4.69, 9.17) is 9.26 Å². The molecule has 3 heterocycles. The van der Waals surface area contributed by atoms with Gasteiger partial charge in [0.05, 0.1) is 12.0 Å². The quantitative estimate of drug-likeness (QED) is 0.528. The molecule has 6 nitrogen and oxygen atoms in total. The largest absolute Gasteiger partial charge is 0.466 e. The topological polar surface area (TPSA) is 68.5 Å². The molecule has 6 heteroatoms. The third-order valence-corrected chi connectivity index (χ3v) is 6.01. The monoisotopic (exact) mass is 419 g/mol. The second kappa shape index (κ2) is 9.43. The van der Waals surface area contributed by atoms with Gasteiger partial charge in [-0.2, -0.15) is 0 Å². The molecule has 2 aromatic heterocycles. The Morgan fingerprint density at radius 3 is 2.81 bits per heavy atom. The Morgan fingerprint density at radius 2 is 2.03 bits per heavy atom. The number of likely N-dealkylation sites (tertiary alicyclic amines) is 1. The molecule has 1 atom stereocenters. The number of rotatable bonds is 7. The summed E-state index contributed by atoms with van der Waals surface area (Å²) in [5.41, 5.74) is 3.55. The summed E-state index contributed by atoms with van der Waals surface area (Å²) in [5, 5.41) is 4.29. The molecule has 1 aliphatic heterocycles. The lowest BCUT2D eigenvalue weighted by molar-refractivity contribution is -0.159. The smallest absolute Gasteiger partial charge is 0.313 e. The number of nitrogens with zero attached hydrogens (tertiary/aromatic N) is 3. The number of esters is 1. The van der Waals surface area contributed by atoms with Gasteiger partial charge in [-0.1, -0.05) is 29.4 Å². The Balaban J connectivity index is 1.56. The zero-order valence-corrected chi connectivity index (χ0v) is 18.2. The standard InChI is InChI=1S/C25H29N3O3/c1-3-30-24(29)25(11-6-14-28(18-25)17-20-9-12-26-13-10-20)16-21-15-23(27-31-21)22-8-5-4-7-19(22)2/h4-5,7-10,12-13,15H,3,6,11,14,16-18H2,1-2H3. The van der Waals surface area contributed by atoms with Crippen LogP contribution in [0, 0.1) is 12.3 Å². The van der Waals surface area contributed by atoms with Crippen LogP contribution in [-0.2, 0) is 22.5 Å². The fourth-order valence-electron chi connectivity index (χ4n) is 4.49. The number of hydrogen-bond donors (Lipinski definition) is 0. The van der Waals surface area contributed by atoms with Gasteiger partial charge in [0.1, 0.15) is 11.5 Å². The van der Waals surface area contributed by atoms with Crippen LogP contribution in [0.4, 0.5) is 0 Å². The van der Waals surface area contributed by atoms with Crippen LogP contribution in [0.1, 0.15) is 36.7 Å². The molecule has 0 saturated carbocycles. The molecule has 4 rings (SSSR count). The van der Waals surface area contributed by atoms with E-state index >= 15 is 0 Å². The molecule has 1 fully saturated rings. The van der Waals surface area contributed by atoms with Gasteiger partial charge >= 0.3 is 5.97 Å². The van der Waals surface area contributed by atoms with E-state index in [1.54, 1.807) is 12.4 Å². The highest BCUT2D eigenvalue weighted by Gasteiger charge is 2.44. The minimum absolute atomic E-state index is 0.150. The Morgan fingerprint density at radius 1 is 1.23 bits per heavy atom. The molecule has 1 saturated heterocycles. The van der Waals surface area contributed by atoms with E-state index in [1.807, 2.05) is 43.3 Å². The van der Waals surface area contributed by atoms with Crippen LogP contribution in [0.15, 0.2) is 59.4 Å². The maximum atomic E-state index is 13.1. The van der Waals surface area contributed by atoms with Crippen molar-refractivity contribution in [3.8, 4) is 11.3 Å². The zero-order chi connectivity index (χ0) is 21.7. The van der Waals surface area contributed by atoms with Crippen molar-refractivity contribution in [1.29, 1.82) is 0 Å². The summed E-state index contributed by atoms with van der Waals surface area (Å²) < 4.78 is 11.2. The van der Waals surface area contributed by atoms with E-state index in [2.05, 4.69) is 28.0 Å². The number of aromatic nitrogens is 2. The van der Waals surface area contributed by atoms with E-state index in [1.165, 1.54) is 5.56 Å². The summed E-state index contributed by atoms with van der Waals surface area (Å²) in [6.45, 7) is 6.66. The van der Waals surface area contributed by atoms with Crippen molar-refractivity contribution in [3.05, 3.63) is 71.7 Å². The summed E-state index contributed by atoms with van der Waals surface area (Å²) >= 11 is 0. The third kappa shape index (κ3) is 4.85. The van der Waals surface area contributed by atoms with E-state index in [0.717, 1.165) is 48.5 Å². The van der Waals surface area contributed by atoms with Gasteiger partial charge in [-0.05, 0) is 56.5 Å². The van der Waals surface area contributed by atoms with Gasteiger partial charge in [-0.3, -0.25) is 14.7 Å². The number of hydrogen-bond acceptors (Lipinski definition) is 6. The van der Waals surface area contributed by atoms with E-state index < -0.39 is 5.41 Å². The van der Waals surface area contributed by atoms with Crippen molar-refractivity contribution in [2.75, 3.05) is 19.7 Å². The SMILES string of the molecule is CCOC(=O)C1(Cc2cc(-c3ccccc3C)no2)CCCN(Cc2ccncc2)C1. The first-order valence-electron chi connectivity index (χ1n) is 10.9. The van der Waals surface area contributed by atoms with Crippen LogP contribution in [0.25, 0.3) is 11.3 Å². The van der Waals surface area contributed by atoms with Crippen LogP contribution in [0.2, 0.25) is 0 Å². The number of carbonyl (C=O) groups excluding carboxylic acids is 1. The fourth-order valence-corrected chi connectivity index (χ4v) is 4.49. The molecule has 0 bridgehead atoms. The normalized spacial score (nSPS) is 19.3. The molecule has 3 aromatic rings. The van der Waals surface area contributed by atoms with Gasteiger partial charge in [-0.25, -0.2) is 0 Å². The molecular weight excluding hydrogens is 390 g/mol. The second-order valence-corrected chi connectivity index (χ2v) is 8.34. The number of aryl methyl sites for hydroxylation is 1. The van der Waals surface area contributed by atoms with E-state index in [9.17, 15) is 4.79 Å². The van der Waals surface area contributed by atoms with Crippen LogP contribution in [0.3, 0.4) is 0 Å². The van der Waals surface area contributed by atoms with E-state index in [-0.39, 0.29) is 5.97 Å². The van der Waals surface area contributed by atoms with Crippen LogP contribution in [-0.4, -0.2) is 40.7 Å². The first kappa shape index (κ1) is 21.2. The van der Waals surface area contributed by atoms with Crippen LogP contribution >= 0.6 is 0 Å². The van der Waals surface area contributed by atoms with Gasteiger partial charge in [-0.15, -0.1) is 0 Å². The molecule has 0 aliphatic carbocycles. The number of piperidine rings is 1. The van der Waals surface area contributed by atoms with Gasteiger partial charge in [0.25, 0.3) is 0 Å². The predicted molar refractivity (Wildman–Crippen MR) is 118 cm³/mol. The maximum Gasteiger partial charge on any atom is 0.313 e. The van der Waals surface area contributed by atoms with Crippen molar-refractivity contribution >= 4 is 5.97 Å². The zero-order valence-electron chi connectivity index (χ0n) is 18.2. The van der Waals surface area contributed by atoms with Crippen LogP contribution in [0.5, 0.6) is 0 Å². The summed E-state index contributed by atoms with van der Waals surface area (Å²) in [6.07, 6.45) is 5.80. The van der Waals surface area contributed by atoms with Gasteiger partial charge in [0.2, 0.25) is 0 Å². The summed E-state index contributed by atoms with van der Waals surface area (Å²) in [6, 6.07) is 14.1. The molecule has 31 heavy (non-hydrogen) atoms. The average molecular weight is 420 g/mol. The van der Waals surface area contributed by atoms with Crippen molar-refractivity contribution in [2.45, 2.75) is 39.7 Å². The van der Waals surface area contributed by atoms with E-state index in [0.29, 0.717) is 19.6 Å². The second-order valence-electron chi connectivity index (χ2n) is 8.34. The number of carbonyl (C=O) groups is 1. The highest BCUT2D eigenvalue weighted by molar-refractivity contribution is 5.78. The molecule has 1 aliphatic rings. The van der Waals surface area contributed by atoms with Crippen molar-refractivity contribution in [2.24, 2.45) is 5.41 Å². The molecule has 0 N–H and O–H groups in total. The minimum atomic E-state index is -0.635. The summed E-state index contributed by atoms with van der Waals surface area (Å²) in [5.74, 6) is 0.570. The maximum absolute atomic E-state index is 13.1. The lowest BCUT2D eigenvalue weighted by Gasteiger charge is -2.40.